The summed E-state index contributed by atoms with van der Waals surface area (Å²) >= 11 is 9.39. The van der Waals surface area contributed by atoms with Gasteiger partial charge < -0.3 is 8.83 Å². The molecule has 0 unspecified atom stereocenters. The predicted molar refractivity (Wildman–Crippen MR) is 136 cm³/mol. The van der Waals surface area contributed by atoms with Gasteiger partial charge in [-0.2, -0.15) is 0 Å². The van der Waals surface area contributed by atoms with Crippen molar-refractivity contribution in [3.63, 3.8) is 0 Å². The highest BCUT2D eigenvalue weighted by atomic mass is 127. The number of halogens is 3. The Morgan fingerprint density at radius 2 is 1.10 bits per heavy atom. The molecule has 6 rings (SSSR count). The van der Waals surface area contributed by atoms with Crippen molar-refractivity contribution in [3.8, 4) is 0 Å². The number of hydrogen-bond donors (Lipinski definition) is 0. The fourth-order valence-electron chi connectivity index (χ4n) is 3.50. The summed E-state index contributed by atoms with van der Waals surface area (Å²) in [7, 11) is 0. The maximum Gasteiger partial charge on any atom is 0.148 e. The summed E-state index contributed by atoms with van der Waals surface area (Å²) in [5, 5.41) is 4.65. The molecule has 0 aliphatic heterocycles. The smallest absolute Gasteiger partial charge is 0.148 e. The molecule has 0 amide bonds. The lowest BCUT2D eigenvalue weighted by molar-refractivity contribution is 0.666. The summed E-state index contributed by atoms with van der Waals surface area (Å²) < 4.78 is 14.8. The van der Waals surface area contributed by atoms with E-state index in [1.165, 1.54) is 5.39 Å². The summed E-state index contributed by atoms with van der Waals surface area (Å²) in [6, 6.07) is 26.3. The van der Waals surface area contributed by atoms with E-state index in [1.807, 2.05) is 54.6 Å². The molecule has 5 heteroatoms. The van der Waals surface area contributed by atoms with Crippen LogP contribution in [0.5, 0.6) is 0 Å². The highest BCUT2D eigenvalue weighted by Gasteiger charge is 2.11. The summed E-state index contributed by atoms with van der Waals surface area (Å²) in [4.78, 5) is 0. The molecule has 0 saturated heterocycles. The fraction of sp³-hybridized carbons (Fsp3) is 0. The largest absolute Gasteiger partial charge is 0.456 e. The third kappa shape index (κ3) is 3.39. The van der Waals surface area contributed by atoms with E-state index < -0.39 is 0 Å². The summed E-state index contributed by atoms with van der Waals surface area (Å²) in [5.41, 5.74) is 3.78. The van der Waals surface area contributed by atoms with E-state index in [2.05, 4.69) is 78.7 Å². The molecule has 6 aromatic rings. The van der Waals surface area contributed by atoms with Crippen molar-refractivity contribution in [2.75, 3.05) is 0 Å². The number of hydrogen-bond acceptors (Lipinski definition) is 2. The zero-order valence-electron chi connectivity index (χ0n) is 15.0. The molecule has 0 atom stereocenters. The molecule has 0 fully saturated rings. The van der Waals surface area contributed by atoms with Crippen molar-refractivity contribution in [2.24, 2.45) is 0 Å². The Morgan fingerprint density at radius 1 is 0.552 bits per heavy atom. The Kier molecular flexibility index (Phi) is 5.14. The molecule has 4 aromatic carbocycles. The quantitative estimate of drug-likeness (QED) is 0.158. The lowest BCUT2D eigenvalue weighted by Gasteiger charge is -1.92. The molecule has 0 radical (unpaired) electrons. The van der Waals surface area contributed by atoms with Crippen molar-refractivity contribution in [1.82, 2.24) is 0 Å². The average molecular weight is 620 g/mol. The molecule has 2 heterocycles. The van der Waals surface area contributed by atoms with Crippen molar-refractivity contribution < 1.29 is 8.83 Å². The van der Waals surface area contributed by atoms with Gasteiger partial charge in [-0.3, -0.25) is 0 Å². The van der Waals surface area contributed by atoms with Crippen LogP contribution in [0.25, 0.3) is 43.9 Å². The second kappa shape index (κ2) is 7.78. The van der Waals surface area contributed by atoms with Gasteiger partial charge in [0.1, 0.15) is 22.3 Å². The van der Waals surface area contributed by atoms with Crippen LogP contribution < -0.4 is 0 Å². The van der Waals surface area contributed by atoms with Crippen LogP contribution in [0.4, 0.5) is 0 Å². The van der Waals surface area contributed by atoms with Gasteiger partial charge in [-0.25, -0.2) is 0 Å². The Bertz CT molecular complexity index is 1500. The first-order chi connectivity index (χ1) is 14.1. The van der Waals surface area contributed by atoms with E-state index >= 15 is 0 Å². The number of para-hydroxylation sites is 2. The van der Waals surface area contributed by atoms with E-state index in [0.29, 0.717) is 0 Å². The van der Waals surface area contributed by atoms with Crippen molar-refractivity contribution in [1.29, 1.82) is 0 Å². The van der Waals surface area contributed by atoms with Crippen LogP contribution in [0.1, 0.15) is 0 Å². The van der Waals surface area contributed by atoms with Crippen LogP contribution >= 0.6 is 54.5 Å². The van der Waals surface area contributed by atoms with Crippen molar-refractivity contribution >= 4 is 98.3 Å². The predicted octanol–water partition coefficient (Wildman–Crippen LogP) is 9.30. The topological polar surface area (TPSA) is 26.3 Å². The first-order valence-corrected chi connectivity index (χ1v) is 11.6. The number of rotatable bonds is 0. The summed E-state index contributed by atoms with van der Waals surface area (Å²) in [6.07, 6.45) is 0. The van der Waals surface area contributed by atoms with Gasteiger partial charge in [0.2, 0.25) is 0 Å². The van der Waals surface area contributed by atoms with E-state index in [1.54, 1.807) is 0 Å². The average Bonchev–Trinajstić information content (AvgIpc) is 3.29. The van der Waals surface area contributed by atoms with Crippen LogP contribution in [-0.2, 0) is 0 Å². The van der Waals surface area contributed by atoms with Gasteiger partial charge in [0.25, 0.3) is 0 Å². The fourth-order valence-corrected chi connectivity index (χ4v) is 5.23. The Balaban J connectivity index is 0.000000125. The molecule has 0 bridgehead atoms. The van der Waals surface area contributed by atoms with Gasteiger partial charge in [-0.15, -0.1) is 0 Å². The summed E-state index contributed by atoms with van der Waals surface area (Å²) in [6.45, 7) is 0. The first-order valence-electron chi connectivity index (χ1n) is 8.94. The van der Waals surface area contributed by atoms with E-state index in [4.69, 9.17) is 8.83 Å². The van der Waals surface area contributed by atoms with Gasteiger partial charge in [0.15, 0.2) is 0 Å². The lowest BCUT2D eigenvalue weighted by Crippen LogP contribution is -1.71. The molecule has 2 aromatic heterocycles. The zero-order chi connectivity index (χ0) is 20.0. The minimum absolute atomic E-state index is 0.931. The maximum absolute atomic E-state index is 5.83. The molecule has 29 heavy (non-hydrogen) atoms. The van der Waals surface area contributed by atoms with Crippen LogP contribution in [0.2, 0.25) is 0 Å². The van der Waals surface area contributed by atoms with Crippen LogP contribution in [-0.4, -0.2) is 0 Å². The van der Waals surface area contributed by atoms with E-state index in [0.717, 1.165) is 51.0 Å². The first kappa shape index (κ1) is 19.2. The molecule has 0 aliphatic rings. The Morgan fingerprint density at radius 3 is 1.86 bits per heavy atom. The second-order valence-electron chi connectivity index (χ2n) is 6.54. The normalized spacial score (nSPS) is 11.3. The highest BCUT2D eigenvalue weighted by molar-refractivity contribution is 14.1. The van der Waals surface area contributed by atoms with Gasteiger partial charge in [0.05, 0.1) is 3.57 Å². The third-order valence-corrected chi connectivity index (χ3v) is 6.95. The van der Waals surface area contributed by atoms with Crippen molar-refractivity contribution in [2.45, 2.75) is 0 Å². The molecule has 0 N–H and O–H groups in total. The maximum atomic E-state index is 5.83. The minimum atomic E-state index is 0.931. The van der Waals surface area contributed by atoms with Gasteiger partial charge in [-0.1, -0.05) is 74.3 Å². The Hall–Kier alpha value is -1.83. The minimum Gasteiger partial charge on any atom is -0.456 e. The summed E-state index contributed by atoms with van der Waals surface area (Å²) in [5.74, 6) is 0. The van der Waals surface area contributed by atoms with Crippen LogP contribution in [0.15, 0.2) is 96.6 Å². The van der Waals surface area contributed by atoms with Gasteiger partial charge >= 0.3 is 0 Å². The van der Waals surface area contributed by atoms with Gasteiger partial charge in [-0.05, 0) is 59.0 Å². The molecular weight excluding hydrogens is 607 g/mol. The molecule has 142 valence electrons. The molecular formula is C24H13Br2IO2. The van der Waals surface area contributed by atoms with Gasteiger partial charge in [0, 0.05) is 30.5 Å². The van der Waals surface area contributed by atoms with Crippen LogP contribution in [0.3, 0.4) is 0 Å². The van der Waals surface area contributed by atoms with Crippen LogP contribution in [0, 0.1) is 3.57 Å². The zero-order valence-corrected chi connectivity index (χ0v) is 20.3. The molecule has 2 nitrogen and oxygen atoms in total. The number of fused-ring (bicyclic) bond motifs is 6. The van der Waals surface area contributed by atoms with E-state index in [-0.39, 0.29) is 0 Å². The Labute approximate surface area is 197 Å². The highest BCUT2D eigenvalue weighted by Crippen LogP contribution is 2.36. The molecule has 0 aliphatic carbocycles. The standard InChI is InChI=1S/C12H6BrIO.C12H7BrO/c13-8-4-2-6-10-11(8)7-3-1-5-9(14)12(7)15-10;13-9-5-3-7-11-12(9)8-4-1-2-6-10(8)14-11/h1-6H;1-7H. The van der Waals surface area contributed by atoms with Crippen molar-refractivity contribution in [3.05, 3.63) is 91.4 Å². The SMILES string of the molecule is Brc1cccc2oc3c(I)cccc3c12.Brc1cccc2oc3ccccc3c12. The number of benzene rings is 4. The second-order valence-corrected chi connectivity index (χ2v) is 9.41. The monoisotopic (exact) mass is 618 g/mol. The number of furan rings is 2. The third-order valence-electron chi connectivity index (χ3n) is 4.78. The molecule has 0 spiro atoms. The molecule has 0 saturated carbocycles. The lowest BCUT2D eigenvalue weighted by atomic mass is 10.2. The van der Waals surface area contributed by atoms with E-state index in [9.17, 15) is 0 Å².